The van der Waals surface area contributed by atoms with Crippen LogP contribution in [0, 0.1) is 13.8 Å². The lowest BCUT2D eigenvalue weighted by molar-refractivity contribution is -0.123. The van der Waals surface area contributed by atoms with Gasteiger partial charge in [0.05, 0.1) is 13.2 Å². The van der Waals surface area contributed by atoms with E-state index >= 15 is 0 Å². The third-order valence-corrected chi connectivity index (χ3v) is 5.02. The quantitative estimate of drug-likeness (QED) is 0.796. The van der Waals surface area contributed by atoms with E-state index in [4.69, 9.17) is 9.47 Å². The van der Waals surface area contributed by atoms with E-state index in [9.17, 15) is 4.79 Å². The minimum absolute atomic E-state index is 0.0129. The highest BCUT2D eigenvalue weighted by molar-refractivity contribution is 9.10. The first-order chi connectivity index (χ1) is 11.4. The van der Waals surface area contributed by atoms with E-state index in [2.05, 4.69) is 21.2 Å². The number of amides is 1. The van der Waals surface area contributed by atoms with Crippen molar-refractivity contribution in [2.24, 2.45) is 0 Å². The second kappa shape index (κ2) is 8.20. The predicted molar refractivity (Wildman–Crippen MR) is 98.7 cm³/mol. The zero-order valence-corrected chi connectivity index (χ0v) is 15.9. The number of hydrogen-bond acceptors (Lipinski definition) is 3. The van der Waals surface area contributed by atoms with Gasteiger partial charge in [-0.2, -0.15) is 0 Å². The number of rotatable bonds is 6. The van der Waals surface area contributed by atoms with Gasteiger partial charge in [-0.05, 0) is 61.7 Å². The van der Waals surface area contributed by atoms with Gasteiger partial charge < -0.3 is 14.8 Å². The average molecular weight is 392 g/mol. The van der Waals surface area contributed by atoms with E-state index < -0.39 is 0 Å². The molecule has 0 radical (unpaired) electrons. The molecule has 0 aliphatic rings. The summed E-state index contributed by atoms with van der Waals surface area (Å²) in [6.45, 7) is 5.92. The molecule has 24 heavy (non-hydrogen) atoms. The van der Waals surface area contributed by atoms with E-state index in [0.29, 0.717) is 5.75 Å². The van der Waals surface area contributed by atoms with Crippen LogP contribution in [-0.2, 0) is 4.79 Å². The summed E-state index contributed by atoms with van der Waals surface area (Å²) in [4.78, 5) is 12.1. The molecule has 1 N–H and O–H groups in total. The lowest BCUT2D eigenvalue weighted by Gasteiger charge is -2.15. The fraction of sp³-hybridized carbons (Fsp3) is 0.316. The molecule has 0 heterocycles. The Balaban J connectivity index is 1.90. The summed E-state index contributed by atoms with van der Waals surface area (Å²) >= 11 is 3.52. The highest BCUT2D eigenvalue weighted by Crippen LogP contribution is 2.26. The second-order valence-corrected chi connectivity index (χ2v) is 6.52. The molecule has 0 saturated heterocycles. The summed E-state index contributed by atoms with van der Waals surface area (Å²) < 4.78 is 11.8. The maximum atomic E-state index is 12.1. The molecule has 0 aromatic heterocycles. The monoisotopic (exact) mass is 391 g/mol. The van der Waals surface area contributed by atoms with Gasteiger partial charge in [-0.15, -0.1) is 0 Å². The van der Waals surface area contributed by atoms with Gasteiger partial charge in [-0.25, -0.2) is 0 Å². The van der Waals surface area contributed by atoms with Crippen LogP contribution in [0.4, 0.5) is 0 Å². The van der Waals surface area contributed by atoms with Gasteiger partial charge in [0.25, 0.3) is 5.91 Å². The van der Waals surface area contributed by atoms with Gasteiger partial charge in [0.2, 0.25) is 0 Å². The minimum Gasteiger partial charge on any atom is -0.497 e. The number of nitrogens with one attached hydrogen (secondary N) is 1. The summed E-state index contributed by atoms with van der Waals surface area (Å²) in [6, 6.07) is 11.4. The largest absolute Gasteiger partial charge is 0.497 e. The highest BCUT2D eigenvalue weighted by atomic mass is 79.9. The van der Waals surface area contributed by atoms with E-state index in [1.54, 1.807) is 7.11 Å². The summed E-state index contributed by atoms with van der Waals surface area (Å²) in [5.74, 6) is 1.33. The zero-order valence-electron chi connectivity index (χ0n) is 14.4. The zero-order chi connectivity index (χ0) is 17.7. The molecule has 5 heteroatoms. The Morgan fingerprint density at radius 3 is 2.25 bits per heavy atom. The first-order valence-corrected chi connectivity index (χ1v) is 8.53. The summed E-state index contributed by atoms with van der Waals surface area (Å²) in [6.07, 6.45) is 0. The number of aryl methyl sites for hydroxylation is 2. The molecule has 0 aliphatic heterocycles. The highest BCUT2D eigenvalue weighted by Gasteiger charge is 2.11. The van der Waals surface area contributed by atoms with Crippen LogP contribution in [0.25, 0.3) is 0 Å². The molecule has 2 rings (SSSR count). The van der Waals surface area contributed by atoms with Crippen molar-refractivity contribution in [2.45, 2.75) is 26.8 Å². The third-order valence-electron chi connectivity index (χ3n) is 3.77. The molecule has 2 aromatic rings. The molecule has 2 aromatic carbocycles. The first-order valence-electron chi connectivity index (χ1n) is 7.73. The molecule has 0 fully saturated rings. The van der Waals surface area contributed by atoms with E-state index in [-0.39, 0.29) is 18.6 Å². The fourth-order valence-electron chi connectivity index (χ4n) is 2.40. The molecule has 0 aliphatic carbocycles. The molecule has 0 saturated carbocycles. The summed E-state index contributed by atoms with van der Waals surface area (Å²) in [7, 11) is 1.63. The minimum atomic E-state index is -0.156. The predicted octanol–water partition coefficient (Wildman–Crippen LogP) is 4.33. The van der Waals surface area contributed by atoms with Gasteiger partial charge in [0.15, 0.2) is 6.61 Å². The number of hydrogen-bond donors (Lipinski definition) is 1. The Morgan fingerprint density at radius 1 is 1.12 bits per heavy atom. The van der Waals surface area contributed by atoms with Gasteiger partial charge >= 0.3 is 0 Å². The van der Waals surface area contributed by atoms with Crippen LogP contribution < -0.4 is 14.8 Å². The molecule has 4 nitrogen and oxygen atoms in total. The van der Waals surface area contributed by atoms with Gasteiger partial charge in [0, 0.05) is 4.47 Å². The molecular formula is C19H22BrNO3. The Labute approximate surface area is 151 Å². The normalized spacial score (nSPS) is 11.7. The van der Waals surface area contributed by atoms with Crippen LogP contribution in [0.2, 0.25) is 0 Å². The Kier molecular flexibility index (Phi) is 6.26. The standard InChI is InChI=1S/C19H22BrNO3/c1-12-9-17(10-13(2)19(12)20)24-11-18(22)21-14(3)15-5-7-16(23-4)8-6-15/h5-10,14H,11H2,1-4H3,(H,21,22). The van der Waals surface area contributed by atoms with Crippen molar-refractivity contribution in [3.8, 4) is 11.5 Å². The molecule has 1 unspecified atom stereocenters. The molecule has 1 amide bonds. The lowest BCUT2D eigenvalue weighted by atomic mass is 10.1. The molecule has 0 bridgehead atoms. The third kappa shape index (κ3) is 4.74. The number of carbonyl (C=O) groups is 1. The number of benzene rings is 2. The van der Waals surface area contributed by atoms with Crippen molar-refractivity contribution in [2.75, 3.05) is 13.7 Å². The van der Waals surface area contributed by atoms with Crippen LogP contribution in [0.15, 0.2) is 40.9 Å². The van der Waals surface area contributed by atoms with Crippen molar-refractivity contribution in [3.63, 3.8) is 0 Å². The van der Waals surface area contributed by atoms with E-state index in [1.807, 2.05) is 57.2 Å². The van der Waals surface area contributed by atoms with Crippen LogP contribution >= 0.6 is 15.9 Å². The van der Waals surface area contributed by atoms with Crippen molar-refractivity contribution >= 4 is 21.8 Å². The summed E-state index contributed by atoms with van der Waals surface area (Å²) in [5.41, 5.74) is 3.17. The Morgan fingerprint density at radius 2 is 1.71 bits per heavy atom. The van der Waals surface area contributed by atoms with Gasteiger partial charge in [-0.1, -0.05) is 28.1 Å². The fourth-order valence-corrected chi connectivity index (χ4v) is 2.63. The van der Waals surface area contributed by atoms with Gasteiger partial charge in [0.1, 0.15) is 11.5 Å². The summed E-state index contributed by atoms with van der Waals surface area (Å²) in [5, 5.41) is 2.93. The average Bonchev–Trinajstić information content (AvgIpc) is 2.57. The topological polar surface area (TPSA) is 47.6 Å². The maximum Gasteiger partial charge on any atom is 0.258 e. The van der Waals surface area contributed by atoms with Crippen LogP contribution in [-0.4, -0.2) is 19.6 Å². The first kappa shape index (κ1) is 18.3. The van der Waals surface area contributed by atoms with E-state index in [0.717, 1.165) is 26.9 Å². The maximum absolute atomic E-state index is 12.1. The van der Waals surface area contributed by atoms with Crippen LogP contribution in [0.3, 0.4) is 0 Å². The lowest BCUT2D eigenvalue weighted by Crippen LogP contribution is -2.31. The van der Waals surface area contributed by atoms with Crippen molar-refractivity contribution < 1.29 is 14.3 Å². The van der Waals surface area contributed by atoms with E-state index in [1.165, 1.54) is 0 Å². The molecule has 0 spiro atoms. The SMILES string of the molecule is COc1ccc(C(C)NC(=O)COc2cc(C)c(Br)c(C)c2)cc1. The number of ether oxygens (including phenoxy) is 2. The van der Waals surface area contributed by atoms with Crippen LogP contribution in [0.1, 0.15) is 29.7 Å². The number of methoxy groups -OCH3 is 1. The Hall–Kier alpha value is -2.01. The second-order valence-electron chi connectivity index (χ2n) is 5.72. The molecular weight excluding hydrogens is 370 g/mol. The van der Waals surface area contributed by atoms with Crippen LogP contribution in [0.5, 0.6) is 11.5 Å². The van der Waals surface area contributed by atoms with Gasteiger partial charge in [-0.3, -0.25) is 4.79 Å². The number of carbonyl (C=O) groups excluding carboxylic acids is 1. The van der Waals surface area contributed by atoms with Crippen molar-refractivity contribution in [3.05, 3.63) is 57.6 Å². The number of halogens is 1. The smallest absolute Gasteiger partial charge is 0.258 e. The van der Waals surface area contributed by atoms with Crippen molar-refractivity contribution in [1.82, 2.24) is 5.32 Å². The van der Waals surface area contributed by atoms with Crippen molar-refractivity contribution in [1.29, 1.82) is 0 Å². The molecule has 1 atom stereocenters. The molecule has 128 valence electrons. The Bertz CT molecular complexity index is 690.